The van der Waals surface area contributed by atoms with E-state index in [0.717, 1.165) is 24.3 Å². The largest absolute Gasteiger partial charge is 0.493 e. The van der Waals surface area contributed by atoms with Gasteiger partial charge in [-0.05, 0) is 43.6 Å². The lowest BCUT2D eigenvalue weighted by molar-refractivity contribution is -0.142. The molecule has 0 bridgehead atoms. The van der Waals surface area contributed by atoms with Crippen LogP contribution in [0.2, 0.25) is 0 Å². The molecule has 7 heteroatoms. The Morgan fingerprint density at radius 2 is 2.07 bits per heavy atom. The highest BCUT2D eigenvalue weighted by Gasteiger charge is 2.36. The van der Waals surface area contributed by atoms with E-state index in [1.807, 2.05) is 35.7 Å². The number of carbonyl (C=O) groups excluding carboxylic acids is 1. The summed E-state index contributed by atoms with van der Waals surface area (Å²) in [6.07, 6.45) is 8.50. The monoisotopic (exact) mass is 414 g/mol. The molecule has 2 heterocycles. The third kappa shape index (κ3) is 4.62. The van der Waals surface area contributed by atoms with Crippen LogP contribution in [0.3, 0.4) is 0 Å². The van der Waals surface area contributed by atoms with Gasteiger partial charge >= 0.3 is 5.97 Å². The quantitative estimate of drug-likeness (QED) is 0.420. The predicted molar refractivity (Wildman–Crippen MR) is 114 cm³/mol. The highest BCUT2D eigenvalue weighted by atomic mass is 32.2. The van der Waals surface area contributed by atoms with Crippen molar-refractivity contribution in [3.8, 4) is 17.6 Å². The van der Waals surface area contributed by atoms with Crippen molar-refractivity contribution in [2.75, 3.05) is 25.7 Å². The van der Waals surface area contributed by atoms with Crippen LogP contribution in [-0.4, -0.2) is 41.7 Å². The lowest BCUT2D eigenvalue weighted by Gasteiger charge is -2.36. The average molecular weight is 415 g/mol. The van der Waals surface area contributed by atoms with E-state index in [4.69, 9.17) is 9.47 Å². The Hall–Kier alpha value is -2.17. The Morgan fingerprint density at radius 3 is 2.75 bits per heavy atom. The Balaban J connectivity index is 1.78. The second kappa shape index (κ2) is 9.35. The first-order valence-corrected chi connectivity index (χ1v) is 11.4. The van der Waals surface area contributed by atoms with E-state index >= 15 is 0 Å². The van der Waals surface area contributed by atoms with Crippen LogP contribution in [-0.2, 0) is 20.0 Å². The van der Waals surface area contributed by atoms with Crippen molar-refractivity contribution in [2.45, 2.75) is 23.8 Å². The molecule has 0 spiro atoms. The van der Waals surface area contributed by atoms with E-state index in [0.29, 0.717) is 18.0 Å². The number of aromatic nitrogens is 2. The lowest BCUT2D eigenvalue weighted by Crippen LogP contribution is -2.26. The smallest absolute Gasteiger partial charge is 0.311 e. The third-order valence-electron chi connectivity index (χ3n) is 4.41. The molecule has 0 aliphatic carbocycles. The van der Waals surface area contributed by atoms with Crippen molar-refractivity contribution in [3.05, 3.63) is 53.1 Å². The standard InChI is InChI=1S/C21H22N2O3S2/c1-4-25-20(24)12-17-14-22-16(13-23-17)7-5-15-6-8-19-18(11-15)21(27-2,28-3)9-10-26-19/h6,8,11,13-14H,4,9-10,12H2,1-3H3. The molecule has 0 atom stereocenters. The maximum Gasteiger partial charge on any atom is 0.311 e. The van der Waals surface area contributed by atoms with Crippen molar-refractivity contribution in [1.82, 2.24) is 9.97 Å². The van der Waals surface area contributed by atoms with Gasteiger partial charge in [0.2, 0.25) is 0 Å². The van der Waals surface area contributed by atoms with Gasteiger partial charge in [0.1, 0.15) is 11.4 Å². The number of nitrogens with zero attached hydrogens (tertiary/aromatic N) is 2. The fourth-order valence-corrected chi connectivity index (χ4v) is 4.98. The van der Waals surface area contributed by atoms with E-state index in [1.54, 1.807) is 19.3 Å². The van der Waals surface area contributed by atoms with Crippen LogP contribution in [0.4, 0.5) is 0 Å². The van der Waals surface area contributed by atoms with Gasteiger partial charge in [-0.25, -0.2) is 4.98 Å². The van der Waals surface area contributed by atoms with Gasteiger partial charge in [-0.2, -0.15) is 0 Å². The highest BCUT2D eigenvalue weighted by molar-refractivity contribution is 8.16. The normalized spacial score (nSPS) is 14.2. The number of carbonyl (C=O) groups is 1. The minimum atomic E-state index is -0.307. The number of hydrogen-bond donors (Lipinski definition) is 0. The van der Waals surface area contributed by atoms with Gasteiger partial charge in [0.25, 0.3) is 0 Å². The zero-order chi connectivity index (χ0) is 20.0. The first kappa shape index (κ1) is 20.6. The molecule has 0 amide bonds. The van der Waals surface area contributed by atoms with Crippen molar-refractivity contribution >= 4 is 29.5 Å². The Labute approximate surface area is 174 Å². The number of benzene rings is 1. The van der Waals surface area contributed by atoms with E-state index in [2.05, 4.69) is 40.4 Å². The highest BCUT2D eigenvalue weighted by Crippen LogP contribution is 2.52. The molecular formula is C21H22N2O3S2. The Morgan fingerprint density at radius 1 is 1.25 bits per heavy atom. The van der Waals surface area contributed by atoms with E-state index in [-0.39, 0.29) is 16.5 Å². The summed E-state index contributed by atoms with van der Waals surface area (Å²) in [6.45, 7) is 2.86. The molecule has 1 aromatic heterocycles. The summed E-state index contributed by atoms with van der Waals surface area (Å²) in [7, 11) is 0. The van der Waals surface area contributed by atoms with Crippen LogP contribution in [0.15, 0.2) is 30.6 Å². The van der Waals surface area contributed by atoms with Gasteiger partial charge < -0.3 is 9.47 Å². The zero-order valence-electron chi connectivity index (χ0n) is 16.2. The number of hydrogen-bond acceptors (Lipinski definition) is 7. The summed E-state index contributed by atoms with van der Waals surface area (Å²) < 4.78 is 10.7. The lowest BCUT2D eigenvalue weighted by atomic mass is 10.0. The molecule has 28 heavy (non-hydrogen) atoms. The molecule has 5 nitrogen and oxygen atoms in total. The molecule has 0 unspecified atom stereocenters. The molecule has 2 aromatic rings. The van der Waals surface area contributed by atoms with Crippen molar-refractivity contribution in [3.63, 3.8) is 0 Å². The van der Waals surface area contributed by atoms with Gasteiger partial charge in [0.15, 0.2) is 0 Å². The summed E-state index contributed by atoms with van der Waals surface area (Å²) in [6, 6.07) is 6.07. The Bertz CT molecular complexity index is 900. The molecule has 0 saturated carbocycles. The molecule has 0 fully saturated rings. The first-order valence-electron chi connectivity index (χ1n) is 8.96. The summed E-state index contributed by atoms with van der Waals surface area (Å²) in [5, 5.41) is 0. The zero-order valence-corrected chi connectivity index (χ0v) is 17.8. The van der Waals surface area contributed by atoms with Crippen LogP contribution in [0, 0.1) is 11.8 Å². The SMILES string of the molecule is CCOC(=O)Cc1cnc(C#Cc2ccc3c(c2)C(SC)(SC)CCO3)cn1. The summed E-state index contributed by atoms with van der Waals surface area (Å²) >= 11 is 3.69. The molecule has 0 N–H and O–H groups in total. The number of ether oxygens (including phenoxy) is 2. The Kier molecular flexibility index (Phi) is 6.87. The first-order chi connectivity index (χ1) is 13.6. The van der Waals surface area contributed by atoms with Crippen LogP contribution < -0.4 is 4.74 Å². The average Bonchev–Trinajstić information content (AvgIpc) is 2.73. The molecule has 3 rings (SSSR count). The number of esters is 1. The predicted octanol–water partition coefficient (Wildman–Crippen LogP) is 3.64. The van der Waals surface area contributed by atoms with E-state index < -0.39 is 0 Å². The van der Waals surface area contributed by atoms with Crippen LogP contribution in [0.1, 0.15) is 35.9 Å². The topological polar surface area (TPSA) is 61.3 Å². The van der Waals surface area contributed by atoms with Gasteiger partial charge in [0.05, 0.1) is 41.8 Å². The van der Waals surface area contributed by atoms with Gasteiger partial charge in [-0.15, -0.1) is 23.5 Å². The summed E-state index contributed by atoms with van der Waals surface area (Å²) in [5.41, 5.74) is 3.22. The molecule has 1 aromatic carbocycles. The number of thioether (sulfide) groups is 2. The maximum absolute atomic E-state index is 11.5. The third-order valence-corrected chi connectivity index (χ3v) is 7.58. The van der Waals surface area contributed by atoms with Gasteiger partial charge in [-0.3, -0.25) is 9.78 Å². The van der Waals surface area contributed by atoms with Crippen molar-refractivity contribution < 1.29 is 14.3 Å². The van der Waals surface area contributed by atoms with Gasteiger partial charge in [-0.1, -0.05) is 5.92 Å². The van der Waals surface area contributed by atoms with E-state index in [1.165, 1.54) is 5.56 Å². The summed E-state index contributed by atoms with van der Waals surface area (Å²) in [4.78, 5) is 20.0. The molecule has 146 valence electrons. The van der Waals surface area contributed by atoms with Crippen molar-refractivity contribution in [1.29, 1.82) is 0 Å². The van der Waals surface area contributed by atoms with Crippen LogP contribution in [0.25, 0.3) is 0 Å². The second-order valence-corrected chi connectivity index (χ2v) is 8.56. The fourth-order valence-electron chi connectivity index (χ4n) is 2.98. The molecule has 0 saturated heterocycles. The van der Waals surface area contributed by atoms with Crippen molar-refractivity contribution in [2.24, 2.45) is 0 Å². The van der Waals surface area contributed by atoms with Crippen LogP contribution in [0.5, 0.6) is 5.75 Å². The van der Waals surface area contributed by atoms with Gasteiger partial charge in [0, 0.05) is 17.5 Å². The molecule has 0 radical (unpaired) electrons. The number of rotatable bonds is 5. The second-order valence-electron chi connectivity index (χ2n) is 6.10. The maximum atomic E-state index is 11.5. The minimum Gasteiger partial charge on any atom is -0.493 e. The number of fused-ring (bicyclic) bond motifs is 1. The fraction of sp³-hybridized carbons (Fsp3) is 0.381. The molecule has 1 aliphatic heterocycles. The molecular weight excluding hydrogens is 392 g/mol. The molecule has 1 aliphatic rings. The van der Waals surface area contributed by atoms with E-state index in [9.17, 15) is 4.79 Å². The van der Waals surface area contributed by atoms with Crippen LogP contribution >= 0.6 is 23.5 Å². The minimum absolute atomic E-state index is 0.000174. The summed E-state index contributed by atoms with van der Waals surface area (Å²) in [5.74, 6) is 6.83.